The highest BCUT2D eigenvalue weighted by Gasteiger charge is 2.25. The van der Waals surface area contributed by atoms with Crippen molar-refractivity contribution in [3.05, 3.63) is 29.3 Å². The minimum absolute atomic E-state index is 0. The molecule has 22 heavy (non-hydrogen) atoms. The number of ether oxygens (including phenoxy) is 1. The number of amides is 1. The molecule has 126 valence electrons. The van der Waals surface area contributed by atoms with Crippen LogP contribution in [0.25, 0.3) is 0 Å². The zero-order valence-corrected chi connectivity index (χ0v) is 15.0. The quantitative estimate of drug-likeness (QED) is 0.808. The van der Waals surface area contributed by atoms with Crippen molar-refractivity contribution in [3.8, 4) is 5.75 Å². The van der Waals surface area contributed by atoms with Crippen molar-refractivity contribution in [2.75, 3.05) is 13.2 Å². The average molecular weight is 329 g/mol. The highest BCUT2D eigenvalue weighted by molar-refractivity contribution is 5.85. The van der Waals surface area contributed by atoms with Crippen molar-refractivity contribution in [1.82, 2.24) is 5.32 Å². The number of nitrogens with one attached hydrogen (secondary N) is 1. The van der Waals surface area contributed by atoms with E-state index < -0.39 is 0 Å². The number of carbonyl (C=O) groups excluding carboxylic acids is 1. The zero-order chi connectivity index (χ0) is 16.0. The first-order chi connectivity index (χ1) is 9.75. The Hall–Kier alpha value is -1.26. The number of carbonyl (C=O) groups is 1. The first kappa shape index (κ1) is 20.7. The molecular weight excluding hydrogens is 300 g/mol. The highest BCUT2D eigenvalue weighted by atomic mass is 35.5. The van der Waals surface area contributed by atoms with E-state index in [4.69, 9.17) is 10.5 Å². The van der Waals surface area contributed by atoms with Crippen LogP contribution in [0.4, 0.5) is 0 Å². The van der Waals surface area contributed by atoms with Gasteiger partial charge in [0.1, 0.15) is 5.75 Å². The summed E-state index contributed by atoms with van der Waals surface area (Å²) in [5.74, 6) is 1.05. The number of rotatable bonds is 7. The molecule has 0 radical (unpaired) electrons. The Morgan fingerprint density at radius 2 is 1.95 bits per heavy atom. The maximum absolute atomic E-state index is 12.0. The molecule has 0 spiro atoms. The molecule has 0 aliphatic rings. The predicted molar refractivity (Wildman–Crippen MR) is 93.7 cm³/mol. The molecule has 1 amide bonds. The number of hydrogen-bond acceptors (Lipinski definition) is 3. The molecule has 0 saturated heterocycles. The monoisotopic (exact) mass is 328 g/mol. The molecule has 4 nitrogen and oxygen atoms in total. The first-order valence-corrected chi connectivity index (χ1v) is 7.47. The van der Waals surface area contributed by atoms with Crippen molar-refractivity contribution in [1.29, 1.82) is 0 Å². The van der Waals surface area contributed by atoms with Gasteiger partial charge in [-0.25, -0.2) is 0 Å². The van der Waals surface area contributed by atoms with Gasteiger partial charge in [0.2, 0.25) is 0 Å². The highest BCUT2D eigenvalue weighted by Crippen LogP contribution is 2.17. The first-order valence-electron chi connectivity index (χ1n) is 7.47. The molecule has 3 N–H and O–H groups in total. The minimum atomic E-state index is -0.377. The second-order valence-electron chi connectivity index (χ2n) is 6.45. The molecule has 1 aromatic rings. The number of hydrogen-bond donors (Lipinski definition) is 2. The van der Waals surface area contributed by atoms with Gasteiger partial charge in [0.25, 0.3) is 5.91 Å². The second-order valence-corrected chi connectivity index (χ2v) is 6.45. The van der Waals surface area contributed by atoms with Gasteiger partial charge >= 0.3 is 0 Å². The van der Waals surface area contributed by atoms with Gasteiger partial charge in [0, 0.05) is 12.1 Å². The van der Waals surface area contributed by atoms with E-state index in [0.717, 1.165) is 12.0 Å². The number of halogens is 1. The van der Waals surface area contributed by atoms with Crippen LogP contribution in [0.15, 0.2) is 18.2 Å². The summed E-state index contributed by atoms with van der Waals surface area (Å²) in [6.45, 7) is 10.7. The van der Waals surface area contributed by atoms with Gasteiger partial charge in [-0.3, -0.25) is 4.79 Å². The standard InChI is InChI=1S/C17H28N2O2.ClH/c1-12(2)9-17(5,11-18)19-16(20)10-21-15-7-6-13(3)14(4)8-15;/h6-8,12H,9-11,18H2,1-5H3,(H,19,20);1H. The van der Waals surface area contributed by atoms with Crippen molar-refractivity contribution < 1.29 is 9.53 Å². The minimum Gasteiger partial charge on any atom is -0.484 e. The molecule has 1 unspecified atom stereocenters. The summed E-state index contributed by atoms with van der Waals surface area (Å²) in [6, 6.07) is 5.82. The molecular formula is C17H29ClN2O2. The van der Waals surface area contributed by atoms with Crippen LogP contribution >= 0.6 is 12.4 Å². The number of aryl methyl sites for hydroxylation is 2. The molecule has 1 aromatic carbocycles. The fourth-order valence-corrected chi connectivity index (χ4v) is 2.41. The molecule has 0 heterocycles. The summed E-state index contributed by atoms with van der Waals surface area (Å²) in [5, 5.41) is 2.98. The fraction of sp³-hybridized carbons (Fsp3) is 0.588. The lowest BCUT2D eigenvalue weighted by molar-refractivity contribution is -0.125. The van der Waals surface area contributed by atoms with E-state index in [9.17, 15) is 4.79 Å². The Balaban J connectivity index is 0.00000441. The molecule has 0 saturated carbocycles. The number of benzene rings is 1. The van der Waals surface area contributed by atoms with E-state index in [2.05, 4.69) is 19.2 Å². The van der Waals surface area contributed by atoms with Gasteiger partial charge in [-0.15, -0.1) is 12.4 Å². The lowest BCUT2D eigenvalue weighted by Gasteiger charge is -2.31. The van der Waals surface area contributed by atoms with Crippen LogP contribution in [0.1, 0.15) is 38.3 Å². The van der Waals surface area contributed by atoms with E-state index in [0.29, 0.717) is 18.2 Å². The van der Waals surface area contributed by atoms with Crippen molar-refractivity contribution in [2.45, 2.75) is 46.6 Å². The van der Waals surface area contributed by atoms with Gasteiger partial charge < -0.3 is 15.8 Å². The second kappa shape index (κ2) is 9.01. The normalized spacial score (nSPS) is 13.2. The third-order valence-corrected chi connectivity index (χ3v) is 3.60. The van der Waals surface area contributed by atoms with Crippen LogP contribution < -0.4 is 15.8 Å². The number of nitrogens with two attached hydrogens (primary N) is 1. The third kappa shape index (κ3) is 6.67. The lowest BCUT2D eigenvalue weighted by Crippen LogP contribution is -2.53. The Bertz CT molecular complexity index is 492. The average Bonchev–Trinajstić information content (AvgIpc) is 2.39. The van der Waals surface area contributed by atoms with Gasteiger partial charge in [0.15, 0.2) is 6.61 Å². The summed E-state index contributed by atoms with van der Waals surface area (Å²) in [5.41, 5.74) is 7.77. The van der Waals surface area contributed by atoms with Gasteiger partial charge in [-0.05, 0) is 56.4 Å². The summed E-state index contributed by atoms with van der Waals surface area (Å²) in [7, 11) is 0. The topological polar surface area (TPSA) is 64.3 Å². The molecule has 0 fully saturated rings. The summed E-state index contributed by atoms with van der Waals surface area (Å²) >= 11 is 0. The molecule has 1 rings (SSSR count). The fourth-order valence-electron chi connectivity index (χ4n) is 2.41. The summed E-state index contributed by atoms with van der Waals surface area (Å²) in [4.78, 5) is 12.0. The van der Waals surface area contributed by atoms with Crippen LogP contribution in [-0.2, 0) is 4.79 Å². The molecule has 0 aliphatic heterocycles. The molecule has 0 aliphatic carbocycles. The Labute approximate surface area is 140 Å². The largest absolute Gasteiger partial charge is 0.484 e. The van der Waals surface area contributed by atoms with E-state index in [1.54, 1.807) is 0 Å². The van der Waals surface area contributed by atoms with Crippen molar-refractivity contribution in [3.63, 3.8) is 0 Å². The molecule has 5 heteroatoms. The van der Waals surface area contributed by atoms with Crippen molar-refractivity contribution >= 4 is 18.3 Å². The van der Waals surface area contributed by atoms with Gasteiger partial charge in [-0.2, -0.15) is 0 Å². The summed E-state index contributed by atoms with van der Waals surface area (Å²) < 4.78 is 5.55. The Morgan fingerprint density at radius 3 is 2.45 bits per heavy atom. The summed E-state index contributed by atoms with van der Waals surface area (Å²) in [6.07, 6.45) is 0.846. The molecule has 1 atom stereocenters. The van der Waals surface area contributed by atoms with E-state index >= 15 is 0 Å². The van der Waals surface area contributed by atoms with Gasteiger partial charge in [-0.1, -0.05) is 19.9 Å². The smallest absolute Gasteiger partial charge is 0.258 e. The van der Waals surface area contributed by atoms with Crippen LogP contribution in [0.3, 0.4) is 0 Å². The predicted octanol–water partition coefficient (Wildman–Crippen LogP) is 2.98. The third-order valence-electron chi connectivity index (χ3n) is 3.60. The van der Waals surface area contributed by atoms with E-state index in [1.165, 1.54) is 5.56 Å². The lowest BCUT2D eigenvalue weighted by atomic mass is 9.91. The maximum Gasteiger partial charge on any atom is 0.258 e. The van der Waals surface area contributed by atoms with E-state index in [-0.39, 0.29) is 30.5 Å². The zero-order valence-electron chi connectivity index (χ0n) is 14.2. The molecule has 0 aromatic heterocycles. The van der Waals surface area contributed by atoms with E-state index in [1.807, 2.05) is 39.0 Å². The van der Waals surface area contributed by atoms with Crippen LogP contribution in [0.5, 0.6) is 5.75 Å². The van der Waals surface area contributed by atoms with Crippen molar-refractivity contribution in [2.24, 2.45) is 11.7 Å². The molecule has 0 bridgehead atoms. The van der Waals surface area contributed by atoms with Crippen LogP contribution in [0, 0.1) is 19.8 Å². The Kier molecular flexibility index (Phi) is 8.49. The maximum atomic E-state index is 12.0. The van der Waals surface area contributed by atoms with Crippen LogP contribution in [-0.4, -0.2) is 24.6 Å². The van der Waals surface area contributed by atoms with Crippen LogP contribution in [0.2, 0.25) is 0 Å². The van der Waals surface area contributed by atoms with Gasteiger partial charge in [0.05, 0.1) is 0 Å². The SMILES string of the molecule is Cc1ccc(OCC(=O)NC(C)(CN)CC(C)C)cc1C.Cl. The Morgan fingerprint density at radius 1 is 1.32 bits per heavy atom.